The van der Waals surface area contributed by atoms with Gasteiger partial charge in [-0.1, -0.05) is 77.7 Å². The second kappa shape index (κ2) is 15.5. The van der Waals surface area contributed by atoms with Crippen molar-refractivity contribution in [2.45, 2.75) is 91.0 Å². The van der Waals surface area contributed by atoms with Gasteiger partial charge in [0.05, 0.1) is 0 Å². The number of nitrogens with zero attached hydrogens (tertiary/aromatic N) is 1. The van der Waals surface area contributed by atoms with E-state index < -0.39 is 0 Å². The number of aryl methyl sites for hydroxylation is 1. The summed E-state index contributed by atoms with van der Waals surface area (Å²) in [6, 6.07) is 6.31. The molecule has 0 amide bonds. The summed E-state index contributed by atoms with van der Waals surface area (Å²) in [6.07, 6.45) is 19.9. The molecule has 0 aliphatic rings. The van der Waals surface area contributed by atoms with Gasteiger partial charge < -0.3 is 17.0 Å². The van der Waals surface area contributed by atoms with Crippen LogP contribution in [0.25, 0.3) is 0 Å². The molecular weight excluding hydrogens is 334 g/mol. The molecule has 0 aliphatic heterocycles. The Morgan fingerprint density at radius 1 is 0.727 bits per heavy atom. The molecule has 0 spiro atoms. The molecule has 0 saturated heterocycles. The van der Waals surface area contributed by atoms with Crippen LogP contribution in [0.15, 0.2) is 30.6 Å². The van der Waals surface area contributed by atoms with Crippen molar-refractivity contribution in [3.8, 4) is 0 Å². The maximum atomic E-state index is 2.43. The molecule has 0 radical (unpaired) electrons. The molecule has 0 fully saturated rings. The van der Waals surface area contributed by atoms with E-state index in [1.807, 2.05) is 0 Å². The van der Waals surface area contributed by atoms with Crippen molar-refractivity contribution in [2.75, 3.05) is 0 Å². The lowest BCUT2D eigenvalue weighted by molar-refractivity contribution is -0.697. The fourth-order valence-electron chi connectivity index (χ4n) is 2.98. The minimum Gasteiger partial charge on any atom is -1.00 e. The largest absolute Gasteiger partial charge is 1.00 e. The van der Waals surface area contributed by atoms with Crippen molar-refractivity contribution in [1.29, 1.82) is 0 Å². The van der Waals surface area contributed by atoms with Gasteiger partial charge in [0.15, 0.2) is 12.4 Å². The molecule has 1 rings (SSSR count). The van der Waals surface area contributed by atoms with Crippen LogP contribution >= 0.6 is 0 Å². The lowest BCUT2D eigenvalue weighted by atomic mass is 9.97. The molecule has 0 aromatic carbocycles. The van der Waals surface area contributed by atoms with Crippen molar-refractivity contribution in [2.24, 2.45) is 5.92 Å². The number of aromatic nitrogens is 1. The molecule has 1 nitrogen and oxygen atoms in total. The van der Waals surface area contributed by atoms with Gasteiger partial charge in [-0.3, -0.25) is 0 Å². The Kier molecular flexibility index (Phi) is 15.3. The zero-order valence-electron chi connectivity index (χ0n) is 14.8. The van der Waals surface area contributed by atoms with E-state index in [2.05, 4.69) is 49.0 Å². The fraction of sp³-hybridized carbons (Fsp3) is 0.750. The van der Waals surface area contributed by atoms with Crippen molar-refractivity contribution in [1.82, 2.24) is 0 Å². The first kappa shape index (κ1) is 21.6. The average Bonchev–Trinajstić information content (AvgIpc) is 2.51. The van der Waals surface area contributed by atoms with Crippen LogP contribution in [0.5, 0.6) is 0 Å². The smallest absolute Gasteiger partial charge is 0.168 e. The maximum absolute atomic E-state index is 2.43. The standard InChI is InChI=1S/C20H36N.BrH/c1-3-4-5-6-7-8-9-11-15-20(2)16-14-19-21-17-12-10-13-18-21;/h10,12-13,17-18,20H,3-9,11,14-16,19H2,1-2H3;1H/q+1;/p-1/t20-;/m0./s1. The highest BCUT2D eigenvalue weighted by Gasteiger charge is 2.04. The lowest BCUT2D eigenvalue weighted by Gasteiger charge is -2.10. The molecular formula is C20H36BrN. The molecule has 0 bridgehead atoms. The molecule has 0 unspecified atom stereocenters. The maximum Gasteiger partial charge on any atom is 0.168 e. The Balaban J connectivity index is 0.00000441. The molecule has 1 aromatic heterocycles. The van der Waals surface area contributed by atoms with Crippen molar-refractivity contribution in [3.63, 3.8) is 0 Å². The summed E-state index contributed by atoms with van der Waals surface area (Å²) in [5, 5.41) is 0. The van der Waals surface area contributed by atoms with Gasteiger partial charge in [-0.05, 0) is 12.3 Å². The summed E-state index contributed by atoms with van der Waals surface area (Å²) < 4.78 is 2.29. The van der Waals surface area contributed by atoms with Crippen molar-refractivity contribution >= 4 is 0 Å². The number of pyridine rings is 1. The van der Waals surface area contributed by atoms with Crippen LogP contribution in [0.2, 0.25) is 0 Å². The van der Waals surface area contributed by atoms with Crippen LogP contribution in [0.3, 0.4) is 0 Å². The SMILES string of the molecule is CCCCCCCCCC[C@H](C)CCC[n+]1ccccc1.[Br-]. The third kappa shape index (κ3) is 12.2. The number of rotatable bonds is 13. The minimum absolute atomic E-state index is 0. The summed E-state index contributed by atoms with van der Waals surface area (Å²) in [7, 11) is 0. The zero-order valence-corrected chi connectivity index (χ0v) is 16.4. The van der Waals surface area contributed by atoms with Crippen LogP contribution in [-0.2, 0) is 6.54 Å². The molecule has 2 heteroatoms. The Hall–Kier alpha value is -0.370. The van der Waals surface area contributed by atoms with Gasteiger partial charge in [0, 0.05) is 18.6 Å². The molecule has 1 atom stereocenters. The van der Waals surface area contributed by atoms with E-state index in [1.54, 1.807) is 0 Å². The Labute approximate surface area is 149 Å². The molecule has 0 saturated carbocycles. The number of hydrogen-bond acceptors (Lipinski definition) is 0. The molecule has 22 heavy (non-hydrogen) atoms. The summed E-state index contributed by atoms with van der Waals surface area (Å²) >= 11 is 0. The van der Waals surface area contributed by atoms with Gasteiger partial charge in [0.25, 0.3) is 0 Å². The highest BCUT2D eigenvalue weighted by molar-refractivity contribution is 4.83. The Bertz CT molecular complexity index is 326. The Morgan fingerprint density at radius 2 is 1.27 bits per heavy atom. The normalized spacial score (nSPS) is 11.9. The average molecular weight is 370 g/mol. The van der Waals surface area contributed by atoms with Crippen LogP contribution in [-0.4, -0.2) is 0 Å². The number of halogens is 1. The van der Waals surface area contributed by atoms with E-state index in [4.69, 9.17) is 0 Å². The van der Waals surface area contributed by atoms with Gasteiger partial charge in [-0.2, -0.15) is 0 Å². The quantitative estimate of drug-likeness (QED) is 0.371. The second-order valence-corrected chi connectivity index (χ2v) is 6.62. The third-order valence-corrected chi connectivity index (χ3v) is 4.44. The lowest BCUT2D eigenvalue weighted by Crippen LogP contribution is -3.00. The van der Waals surface area contributed by atoms with Crippen molar-refractivity contribution < 1.29 is 21.5 Å². The summed E-state index contributed by atoms with van der Waals surface area (Å²) in [4.78, 5) is 0. The van der Waals surface area contributed by atoms with E-state index in [0.29, 0.717) is 0 Å². The van der Waals surface area contributed by atoms with Crippen LogP contribution in [0, 0.1) is 5.92 Å². The van der Waals surface area contributed by atoms with E-state index in [1.165, 1.54) is 77.2 Å². The number of hydrogen-bond donors (Lipinski definition) is 0. The summed E-state index contributed by atoms with van der Waals surface area (Å²) in [5.41, 5.74) is 0. The third-order valence-electron chi connectivity index (χ3n) is 4.44. The molecule has 128 valence electrons. The fourth-order valence-corrected chi connectivity index (χ4v) is 2.98. The van der Waals surface area contributed by atoms with Crippen molar-refractivity contribution in [3.05, 3.63) is 30.6 Å². The van der Waals surface area contributed by atoms with E-state index in [0.717, 1.165) is 5.92 Å². The predicted molar refractivity (Wildman–Crippen MR) is 92.3 cm³/mol. The zero-order chi connectivity index (χ0) is 15.2. The van der Waals surface area contributed by atoms with Crippen LogP contribution in [0.4, 0.5) is 0 Å². The predicted octanol–water partition coefficient (Wildman–Crippen LogP) is 2.93. The molecule has 1 aromatic rings. The first-order valence-electron chi connectivity index (χ1n) is 9.27. The minimum atomic E-state index is 0. The van der Waals surface area contributed by atoms with Gasteiger partial charge in [-0.25, -0.2) is 4.57 Å². The Morgan fingerprint density at radius 3 is 1.91 bits per heavy atom. The number of unbranched alkanes of at least 4 members (excludes halogenated alkanes) is 7. The monoisotopic (exact) mass is 369 g/mol. The molecule has 0 aliphatic carbocycles. The molecule has 1 heterocycles. The molecule has 0 N–H and O–H groups in total. The van der Waals surface area contributed by atoms with Gasteiger partial charge in [0.2, 0.25) is 0 Å². The van der Waals surface area contributed by atoms with Crippen LogP contribution < -0.4 is 21.5 Å². The van der Waals surface area contributed by atoms with E-state index in [-0.39, 0.29) is 17.0 Å². The first-order chi connectivity index (χ1) is 10.3. The first-order valence-corrected chi connectivity index (χ1v) is 9.27. The highest BCUT2D eigenvalue weighted by atomic mass is 79.9. The van der Waals surface area contributed by atoms with Crippen LogP contribution in [0.1, 0.15) is 84.5 Å². The van der Waals surface area contributed by atoms with Gasteiger partial charge >= 0.3 is 0 Å². The van der Waals surface area contributed by atoms with E-state index >= 15 is 0 Å². The topological polar surface area (TPSA) is 3.88 Å². The van der Waals surface area contributed by atoms with Gasteiger partial charge in [0.1, 0.15) is 6.54 Å². The highest BCUT2D eigenvalue weighted by Crippen LogP contribution is 2.16. The summed E-state index contributed by atoms with van der Waals surface area (Å²) in [5.74, 6) is 0.898. The van der Waals surface area contributed by atoms with Gasteiger partial charge in [-0.15, -0.1) is 0 Å². The second-order valence-electron chi connectivity index (χ2n) is 6.62. The van der Waals surface area contributed by atoms with E-state index in [9.17, 15) is 0 Å². The summed E-state index contributed by atoms with van der Waals surface area (Å²) in [6.45, 7) is 5.89.